The molecule has 20 heavy (non-hydrogen) atoms. The third-order valence-electron chi connectivity index (χ3n) is 3.70. The highest BCUT2D eigenvalue weighted by Gasteiger charge is 2.20. The summed E-state index contributed by atoms with van der Waals surface area (Å²) < 4.78 is 13.3. The number of hydrogen-bond acceptors (Lipinski definition) is 2. The average molecular weight is 300 g/mol. The standard InChI is InChI=1S/C15H19ClFNO2/c16-13-6-12(7-14(17)8-13)10-18-5-1-2-11(9-18)3-4-15(19)20/h6-8,11H,1-5,9-10H2,(H,19,20)/t11-/m0/s1. The molecule has 0 amide bonds. The monoisotopic (exact) mass is 299 g/mol. The summed E-state index contributed by atoms with van der Waals surface area (Å²) in [5, 5.41) is 9.15. The molecule has 3 nitrogen and oxygen atoms in total. The minimum atomic E-state index is -0.737. The number of aliphatic carboxylic acids is 1. The zero-order valence-electron chi connectivity index (χ0n) is 11.3. The van der Waals surface area contributed by atoms with Gasteiger partial charge in [-0.1, -0.05) is 11.6 Å². The van der Waals surface area contributed by atoms with E-state index in [0.717, 1.165) is 37.9 Å². The van der Waals surface area contributed by atoms with Crippen molar-refractivity contribution in [1.82, 2.24) is 4.90 Å². The predicted molar refractivity (Wildman–Crippen MR) is 76.3 cm³/mol. The van der Waals surface area contributed by atoms with E-state index in [9.17, 15) is 9.18 Å². The first kappa shape index (κ1) is 15.3. The van der Waals surface area contributed by atoms with E-state index in [1.54, 1.807) is 6.07 Å². The number of carboxylic acids is 1. The van der Waals surface area contributed by atoms with E-state index < -0.39 is 5.97 Å². The van der Waals surface area contributed by atoms with Gasteiger partial charge in [0.25, 0.3) is 0 Å². The Kier molecular flexibility index (Phi) is 5.38. The lowest BCUT2D eigenvalue weighted by atomic mass is 9.93. The van der Waals surface area contributed by atoms with E-state index in [2.05, 4.69) is 4.90 Å². The van der Waals surface area contributed by atoms with Gasteiger partial charge in [-0.15, -0.1) is 0 Å². The minimum Gasteiger partial charge on any atom is -0.481 e. The second-order valence-electron chi connectivity index (χ2n) is 5.45. The first-order chi connectivity index (χ1) is 9.52. The first-order valence-electron chi connectivity index (χ1n) is 6.92. The SMILES string of the molecule is O=C(O)CC[C@@H]1CCCN(Cc2cc(F)cc(Cl)c2)C1. The van der Waals surface area contributed by atoms with Gasteiger partial charge >= 0.3 is 5.97 Å². The van der Waals surface area contributed by atoms with Crippen molar-refractivity contribution in [2.45, 2.75) is 32.2 Å². The van der Waals surface area contributed by atoms with Gasteiger partial charge in [-0.3, -0.25) is 9.69 Å². The Morgan fingerprint density at radius 2 is 2.25 bits per heavy atom. The molecule has 0 aliphatic carbocycles. The Bertz CT molecular complexity index is 461. The van der Waals surface area contributed by atoms with Gasteiger partial charge in [0.05, 0.1) is 0 Å². The topological polar surface area (TPSA) is 40.5 Å². The Balaban J connectivity index is 1.90. The number of likely N-dealkylation sites (tertiary alicyclic amines) is 1. The Morgan fingerprint density at radius 1 is 1.45 bits per heavy atom. The highest BCUT2D eigenvalue weighted by molar-refractivity contribution is 6.30. The summed E-state index contributed by atoms with van der Waals surface area (Å²) >= 11 is 5.86. The highest BCUT2D eigenvalue weighted by atomic mass is 35.5. The van der Waals surface area contributed by atoms with Gasteiger partial charge in [-0.05, 0) is 55.5 Å². The summed E-state index contributed by atoms with van der Waals surface area (Å²) in [6.45, 7) is 2.51. The van der Waals surface area contributed by atoms with Crippen molar-refractivity contribution < 1.29 is 14.3 Å². The van der Waals surface area contributed by atoms with Crippen LogP contribution in [-0.4, -0.2) is 29.1 Å². The van der Waals surface area contributed by atoms with Gasteiger partial charge in [-0.2, -0.15) is 0 Å². The maximum atomic E-state index is 13.3. The minimum absolute atomic E-state index is 0.226. The summed E-state index contributed by atoms with van der Waals surface area (Å²) in [4.78, 5) is 12.9. The number of rotatable bonds is 5. The maximum absolute atomic E-state index is 13.3. The van der Waals surface area contributed by atoms with Gasteiger partial charge in [0.1, 0.15) is 5.82 Å². The molecule has 1 heterocycles. The van der Waals surface area contributed by atoms with Crippen LogP contribution in [0.3, 0.4) is 0 Å². The molecule has 0 aromatic heterocycles. The molecule has 1 aliphatic rings. The summed E-state index contributed by atoms with van der Waals surface area (Å²) in [7, 11) is 0. The fraction of sp³-hybridized carbons (Fsp3) is 0.533. The van der Waals surface area contributed by atoms with Gasteiger partial charge in [0.15, 0.2) is 0 Å². The van der Waals surface area contributed by atoms with Gasteiger partial charge < -0.3 is 5.11 Å². The van der Waals surface area contributed by atoms with Gasteiger partial charge in [0.2, 0.25) is 0 Å². The molecule has 0 radical (unpaired) electrons. The van der Waals surface area contributed by atoms with E-state index in [-0.39, 0.29) is 12.2 Å². The smallest absolute Gasteiger partial charge is 0.303 e. The van der Waals surface area contributed by atoms with Crippen molar-refractivity contribution in [3.63, 3.8) is 0 Å². The largest absolute Gasteiger partial charge is 0.481 e. The highest BCUT2D eigenvalue weighted by Crippen LogP contribution is 2.23. The molecule has 5 heteroatoms. The molecule has 1 atom stereocenters. The summed E-state index contributed by atoms with van der Waals surface area (Å²) in [6.07, 6.45) is 3.08. The van der Waals surface area contributed by atoms with E-state index in [1.807, 2.05) is 0 Å². The number of carboxylic acid groups (broad SMARTS) is 1. The van der Waals surface area contributed by atoms with Crippen LogP contribution in [0.1, 0.15) is 31.2 Å². The average Bonchev–Trinajstić information content (AvgIpc) is 2.35. The van der Waals surface area contributed by atoms with Crippen molar-refractivity contribution in [2.75, 3.05) is 13.1 Å². The number of carbonyl (C=O) groups is 1. The molecular weight excluding hydrogens is 281 g/mol. The third kappa shape index (κ3) is 4.76. The quantitative estimate of drug-likeness (QED) is 0.904. The molecule has 0 spiro atoms. The van der Waals surface area contributed by atoms with Gasteiger partial charge in [0, 0.05) is 24.5 Å². The number of piperidine rings is 1. The van der Waals surface area contributed by atoms with E-state index in [0.29, 0.717) is 17.5 Å². The number of halogens is 2. The Morgan fingerprint density at radius 3 is 2.95 bits per heavy atom. The van der Waals surface area contributed by atoms with E-state index in [4.69, 9.17) is 16.7 Å². The Hall–Kier alpha value is -1.13. The Labute approximate surface area is 123 Å². The predicted octanol–water partition coefficient (Wildman–Crippen LogP) is 3.56. The molecule has 2 rings (SSSR count). The normalized spacial score (nSPS) is 20.0. The zero-order valence-corrected chi connectivity index (χ0v) is 12.1. The molecule has 1 saturated heterocycles. The van der Waals surface area contributed by atoms with E-state index >= 15 is 0 Å². The third-order valence-corrected chi connectivity index (χ3v) is 3.92. The van der Waals surface area contributed by atoms with Crippen LogP contribution in [0.5, 0.6) is 0 Å². The van der Waals surface area contributed by atoms with Crippen molar-refractivity contribution in [1.29, 1.82) is 0 Å². The van der Waals surface area contributed by atoms with Gasteiger partial charge in [-0.25, -0.2) is 4.39 Å². The molecule has 1 aromatic rings. The number of hydrogen-bond donors (Lipinski definition) is 1. The van der Waals surface area contributed by atoms with Crippen molar-refractivity contribution in [2.24, 2.45) is 5.92 Å². The van der Waals surface area contributed by atoms with Crippen molar-refractivity contribution in [3.05, 3.63) is 34.6 Å². The van der Waals surface area contributed by atoms with Crippen LogP contribution in [-0.2, 0) is 11.3 Å². The summed E-state index contributed by atoms with van der Waals surface area (Å²) in [5.74, 6) is -0.630. The van der Waals surface area contributed by atoms with Crippen molar-refractivity contribution >= 4 is 17.6 Å². The zero-order chi connectivity index (χ0) is 14.5. The van der Waals surface area contributed by atoms with Crippen LogP contribution in [0.25, 0.3) is 0 Å². The first-order valence-corrected chi connectivity index (χ1v) is 7.30. The van der Waals surface area contributed by atoms with Crippen LogP contribution in [0.2, 0.25) is 5.02 Å². The number of benzene rings is 1. The second kappa shape index (κ2) is 7.04. The molecule has 0 bridgehead atoms. The molecule has 110 valence electrons. The van der Waals surface area contributed by atoms with Crippen molar-refractivity contribution in [3.8, 4) is 0 Å². The molecule has 1 N–H and O–H groups in total. The molecule has 0 saturated carbocycles. The lowest BCUT2D eigenvalue weighted by Crippen LogP contribution is -2.35. The molecule has 0 unspecified atom stereocenters. The van der Waals surface area contributed by atoms with Crippen LogP contribution in [0.4, 0.5) is 4.39 Å². The molecule has 1 aromatic carbocycles. The summed E-state index contributed by atoms with van der Waals surface area (Å²) in [6, 6.07) is 4.59. The molecule has 1 aliphatic heterocycles. The van der Waals surface area contributed by atoms with Crippen LogP contribution in [0.15, 0.2) is 18.2 Å². The van der Waals surface area contributed by atoms with Crippen LogP contribution in [0, 0.1) is 11.7 Å². The lowest BCUT2D eigenvalue weighted by Gasteiger charge is -2.32. The van der Waals surface area contributed by atoms with Crippen LogP contribution < -0.4 is 0 Å². The number of nitrogens with zero attached hydrogens (tertiary/aromatic N) is 1. The molecular formula is C15H19ClFNO2. The maximum Gasteiger partial charge on any atom is 0.303 e. The summed E-state index contributed by atoms with van der Waals surface area (Å²) in [5.41, 5.74) is 0.869. The van der Waals surface area contributed by atoms with Crippen LogP contribution >= 0.6 is 11.6 Å². The second-order valence-corrected chi connectivity index (χ2v) is 5.89. The molecule has 1 fully saturated rings. The van der Waals surface area contributed by atoms with E-state index in [1.165, 1.54) is 12.1 Å². The fourth-order valence-corrected chi connectivity index (χ4v) is 3.06. The fourth-order valence-electron chi connectivity index (χ4n) is 2.82. The lowest BCUT2D eigenvalue weighted by molar-refractivity contribution is -0.137.